The molecule has 3 heterocycles. The van der Waals surface area contributed by atoms with Gasteiger partial charge in [0.2, 0.25) is 5.91 Å². The number of fused-ring (bicyclic) bond motifs is 1. The molecule has 1 fully saturated rings. The third kappa shape index (κ3) is 4.88. The molecule has 0 unspecified atom stereocenters. The average Bonchev–Trinajstić information content (AvgIpc) is 3.15. The van der Waals surface area contributed by atoms with E-state index in [1.807, 2.05) is 36.0 Å². The Morgan fingerprint density at radius 1 is 1.24 bits per heavy atom. The summed E-state index contributed by atoms with van der Waals surface area (Å²) in [5.74, 6) is 2.12. The number of hydrogen-bond donors (Lipinski definition) is 1. The van der Waals surface area contributed by atoms with E-state index in [0.717, 1.165) is 41.5 Å². The monoisotopic (exact) mass is 428 g/mol. The Morgan fingerprint density at radius 3 is 2.86 bits per heavy atom. The number of amides is 1. The first-order valence-electron chi connectivity index (χ1n) is 9.79. The van der Waals surface area contributed by atoms with Crippen LogP contribution in [0.3, 0.4) is 0 Å². The molecule has 0 aliphatic carbocycles. The van der Waals surface area contributed by atoms with Crippen LogP contribution in [0.5, 0.6) is 0 Å². The number of carbonyl (C=O) groups is 1. The second-order valence-corrected chi connectivity index (χ2v) is 9.44. The van der Waals surface area contributed by atoms with Crippen LogP contribution in [0.2, 0.25) is 0 Å². The van der Waals surface area contributed by atoms with Crippen molar-refractivity contribution in [1.29, 1.82) is 0 Å². The van der Waals surface area contributed by atoms with Crippen molar-refractivity contribution in [2.24, 2.45) is 0 Å². The highest BCUT2D eigenvalue weighted by atomic mass is 32.2. The number of thioether (sulfide) groups is 1. The van der Waals surface area contributed by atoms with Crippen LogP contribution in [0.25, 0.3) is 10.2 Å². The molecule has 0 saturated carbocycles. The molecule has 1 saturated heterocycles. The minimum absolute atomic E-state index is 0.0490. The molecule has 152 valence electrons. The Balaban J connectivity index is 1.43. The highest BCUT2D eigenvalue weighted by Crippen LogP contribution is 2.21. The lowest BCUT2D eigenvalue weighted by Crippen LogP contribution is -2.32. The molecule has 8 heteroatoms. The summed E-state index contributed by atoms with van der Waals surface area (Å²) < 4.78 is 1.37. The molecule has 0 radical (unpaired) electrons. The van der Waals surface area contributed by atoms with E-state index < -0.39 is 0 Å². The van der Waals surface area contributed by atoms with E-state index >= 15 is 0 Å². The zero-order chi connectivity index (χ0) is 20.2. The van der Waals surface area contributed by atoms with Gasteiger partial charge in [-0.05, 0) is 30.2 Å². The van der Waals surface area contributed by atoms with Crippen LogP contribution < -0.4 is 10.9 Å². The van der Waals surface area contributed by atoms with Gasteiger partial charge in [-0.15, -0.1) is 11.3 Å². The number of aromatic nitrogens is 2. The molecule has 6 nitrogen and oxygen atoms in total. The quantitative estimate of drug-likeness (QED) is 0.653. The normalized spacial score (nSPS) is 14.9. The summed E-state index contributed by atoms with van der Waals surface area (Å²) in [5.41, 5.74) is 1.77. The van der Waals surface area contributed by atoms with E-state index in [4.69, 9.17) is 0 Å². The Hall–Kier alpha value is -2.16. The Bertz CT molecular complexity index is 1070. The number of carbonyl (C=O) groups excluding carboxylic acids is 1. The van der Waals surface area contributed by atoms with Gasteiger partial charge in [-0.2, -0.15) is 11.8 Å². The van der Waals surface area contributed by atoms with Gasteiger partial charge >= 0.3 is 0 Å². The second kappa shape index (κ2) is 9.11. The van der Waals surface area contributed by atoms with Gasteiger partial charge in [0, 0.05) is 41.7 Å². The van der Waals surface area contributed by atoms with Crippen molar-refractivity contribution in [2.45, 2.75) is 26.4 Å². The summed E-state index contributed by atoms with van der Waals surface area (Å²) in [4.78, 5) is 33.8. The number of thiophene rings is 1. The summed E-state index contributed by atoms with van der Waals surface area (Å²) in [6, 6.07) is 9.81. The molecular formula is C21H24N4O2S2. The fraction of sp³-hybridized carbons (Fsp3) is 0.381. The van der Waals surface area contributed by atoms with E-state index in [9.17, 15) is 9.59 Å². The first kappa shape index (κ1) is 20.1. The van der Waals surface area contributed by atoms with Crippen LogP contribution in [-0.2, 0) is 24.3 Å². The molecule has 2 aromatic heterocycles. The van der Waals surface area contributed by atoms with Gasteiger partial charge in [0.25, 0.3) is 5.56 Å². The molecule has 4 rings (SSSR count). The topological polar surface area (TPSA) is 67.2 Å². The van der Waals surface area contributed by atoms with Crippen LogP contribution in [0.1, 0.15) is 17.4 Å². The molecule has 3 aromatic rings. The van der Waals surface area contributed by atoms with Gasteiger partial charge in [-0.25, -0.2) is 4.98 Å². The van der Waals surface area contributed by atoms with Crippen LogP contribution >= 0.6 is 23.1 Å². The fourth-order valence-corrected chi connectivity index (χ4v) is 5.32. The maximum absolute atomic E-state index is 12.7. The standard InChI is InChI=1S/C21H24N4O2S2/c1-2-17-11-18-20(29-17)22-14-25(21(18)27)13-19(26)23-16-5-3-4-15(10-16)12-24-6-8-28-9-7-24/h3-5,10-11,14H,2,6-9,12-13H2,1H3,(H,23,26). The number of anilines is 1. The van der Waals surface area contributed by atoms with Crippen molar-refractivity contribution < 1.29 is 4.79 Å². The summed E-state index contributed by atoms with van der Waals surface area (Å²) in [6.45, 7) is 5.09. The third-order valence-corrected chi connectivity index (χ3v) is 7.08. The zero-order valence-corrected chi connectivity index (χ0v) is 18.0. The van der Waals surface area contributed by atoms with Crippen molar-refractivity contribution in [3.05, 3.63) is 57.5 Å². The maximum atomic E-state index is 12.7. The van der Waals surface area contributed by atoms with Gasteiger partial charge in [0.1, 0.15) is 11.4 Å². The number of aryl methyl sites for hydroxylation is 1. The van der Waals surface area contributed by atoms with Gasteiger partial charge in [0.15, 0.2) is 0 Å². The van der Waals surface area contributed by atoms with E-state index in [2.05, 4.69) is 28.2 Å². The van der Waals surface area contributed by atoms with Crippen molar-refractivity contribution in [3.63, 3.8) is 0 Å². The number of benzene rings is 1. The van der Waals surface area contributed by atoms with E-state index in [-0.39, 0.29) is 18.0 Å². The van der Waals surface area contributed by atoms with Crippen LogP contribution in [0.15, 0.2) is 41.5 Å². The molecule has 29 heavy (non-hydrogen) atoms. The van der Waals surface area contributed by atoms with Gasteiger partial charge in [-0.3, -0.25) is 19.1 Å². The molecule has 1 aliphatic rings. The number of hydrogen-bond acceptors (Lipinski definition) is 6. The van der Waals surface area contributed by atoms with Gasteiger partial charge in [-0.1, -0.05) is 19.1 Å². The smallest absolute Gasteiger partial charge is 0.262 e. The molecule has 0 atom stereocenters. The molecular weight excluding hydrogens is 404 g/mol. The lowest BCUT2D eigenvalue weighted by Gasteiger charge is -2.26. The molecule has 1 amide bonds. The Kier molecular flexibility index (Phi) is 6.32. The van der Waals surface area contributed by atoms with Gasteiger partial charge < -0.3 is 5.32 Å². The van der Waals surface area contributed by atoms with Crippen LogP contribution in [0.4, 0.5) is 5.69 Å². The SMILES string of the molecule is CCc1cc2c(=O)n(CC(=O)Nc3cccc(CN4CCSCC4)c3)cnc2s1. The second-order valence-electron chi connectivity index (χ2n) is 7.10. The third-order valence-electron chi connectivity index (χ3n) is 4.95. The van der Waals surface area contributed by atoms with E-state index in [0.29, 0.717) is 5.39 Å². The molecule has 0 spiro atoms. The number of rotatable bonds is 6. The maximum Gasteiger partial charge on any atom is 0.262 e. The Labute approximate surface area is 177 Å². The van der Waals surface area contributed by atoms with Crippen molar-refractivity contribution >= 4 is 44.9 Å². The summed E-state index contributed by atoms with van der Waals surface area (Å²) in [6.07, 6.45) is 2.33. The zero-order valence-electron chi connectivity index (χ0n) is 16.4. The number of nitrogens with zero attached hydrogens (tertiary/aromatic N) is 3. The first-order valence-corrected chi connectivity index (χ1v) is 11.8. The summed E-state index contributed by atoms with van der Waals surface area (Å²) >= 11 is 3.52. The highest BCUT2D eigenvalue weighted by Gasteiger charge is 2.13. The van der Waals surface area contributed by atoms with Crippen molar-refractivity contribution in [1.82, 2.24) is 14.5 Å². The lowest BCUT2D eigenvalue weighted by atomic mass is 10.2. The lowest BCUT2D eigenvalue weighted by molar-refractivity contribution is -0.116. The molecule has 1 aromatic carbocycles. The first-order chi connectivity index (χ1) is 14.1. The average molecular weight is 429 g/mol. The largest absolute Gasteiger partial charge is 0.325 e. The van der Waals surface area contributed by atoms with E-state index in [1.54, 1.807) is 0 Å². The predicted octanol–water partition coefficient (Wildman–Crippen LogP) is 3.21. The van der Waals surface area contributed by atoms with Crippen molar-refractivity contribution in [3.8, 4) is 0 Å². The fourth-order valence-electron chi connectivity index (χ4n) is 3.42. The van der Waals surface area contributed by atoms with Gasteiger partial charge in [0.05, 0.1) is 11.7 Å². The molecule has 1 N–H and O–H groups in total. The minimum Gasteiger partial charge on any atom is -0.325 e. The summed E-state index contributed by atoms with van der Waals surface area (Å²) in [5, 5.41) is 3.50. The molecule has 1 aliphatic heterocycles. The van der Waals surface area contributed by atoms with Crippen molar-refractivity contribution in [2.75, 3.05) is 29.9 Å². The minimum atomic E-state index is -0.231. The Morgan fingerprint density at radius 2 is 2.07 bits per heavy atom. The number of nitrogens with one attached hydrogen (secondary N) is 1. The summed E-state index contributed by atoms with van der Waals surface area (Å²) in [7, 11) is 0. The van der Waals surface area contributed by atoms with Crippen LogP contribution in [-0.4, -0.2) is 45.0 Å². The van der Waals surface area contributed by atoms with E-state index in [1.165, 1.54) is 39.3 Å². The molecule has 0 bridgehead atoms. The predicted molar refractivity (Wildman–Crippen MR) is 121 cm³/mol. The van der Waals surface area contributed by atoms with Crippen LogP contribution in [0, 0.1) is 0 Å². The highest BCUT2D eigenvalue weighted by molar-refractivity contribution is 7.99.